The summed E-state index contributed by atoms with van der Waals surface area (Å²) in [6.45, 7) is -0.212. The minimum Gasteiger partial charge on any atom is -0.490 e. The third-order valence-corrected chi connectivity index (χ3v) is 7.10. The predicted octanol–water partition coefficient (Wildman–Crippen LogP) is 5.09. The van der Waals surface area contributed by atoms with Crippen LogP contribution in [0.2, 0.25) is 10.0 Å². The standard InChI is InChI=1S/C26H24Cl2F5NO7/c27-15-1-2-19-14(7-15)10-25(41-19)3-5-34(6-4-25)11-16(35)12-38-20-9-21(39-13-22(29)30)18(28)8-17(20)23(36)40-24(37)26(31,32)33/h1-2,7-9,16,22,35H,3-6,10-13H2/t16-/m1/s1. The first-order valence-electron chi connectivity index (χ1n) is 12.3. The Labute approximate surface area is 240 Å². The molecule has 0 bridgehead atoms. The number of aliphatic hydroxyl groups is 1. The molecule has 1 N–H and O–H groups in total. The maximum atomic E-state index is 12.6. The Kier molecular flexibility index (Phi) is 9.52. The first-order valence-corrected chi connectivity index (χ1v) is 13.1. The largest absolute Gasteiger partial charge is 0.491 e. The number of carbonyl (C=O) groups excluding carboxylic acids is 2. The Hall–Kier alpha value is -2.87. The van der Waals surface area contributed by atoms with Gasteiger partial charge in [0.1, 0.15) is 47.7 Å². The van der Waals surface area contributed by atoms with Crippen LogP contribution in [0.25, 0.3) is 0 Å². The second kappa shape index (κ2) is 12.6. The van der Waals surface area contributed by atoms with Crippen molar-refractivity contribution in [3.05, 3.63) is 51.5 Å². The van der Waals surface area contributed by atoms with Crippen molar-refractivity contribution in [3.63, 3.8) is 0 Å². The van der Waals surface area contributed by atoms with Gasteiger partial charge in [0.05, 0.1) is 5.02 Å². The van der Waals surface area contributed by atoms with E-state index in [1.165, 1.54) is 0 Å². The van der Waals surface area contributed by atoms with Gasteiger partial charge in [0.25, 0.3) is 6.43 Å². The van der Waals surface area contributed by atoms with Gasteiger partial charge in [-0.3, -0.25) is 0 Å². The summed E-state index contributed by atoms with van der Waals surface area (Å²) in [7, 11) is 0. The number of nitrogens with zero attached hydrogens (tertiary/aromatic N) is 1. The highest BCUT2D eigenvalue weighted by Crippen LogP contribution is 2.42. The van der Waals surface area contributed by atoms with Crippen molar-refractivity contribution in [2.24, 2.45) is 0 Å². The first kappa shape index (κ1) is 31.1. The quantitative estimate of drug-likeness (QED) is 0.233. The Morgan fingerprint density at radius 1 is 1.05 bits per heavy atom. The number of likely N-dealkylation sites (tertiary alicyclic amines) is 1. The number of ether oxygens (including phenoxy) is 4. The summed E-state index contributed by atoms with van der Waals surface area (Å²) in [6.07, 6.45) is -7.40. The highest BCUT2D eigenvalue weighted by Gasteiger charge is 2.43. The van der Waals surface area contributed by atoms with Crippen LogP contribution in [0.3, 0.4) is 0 Å². The molecule has 1 fully saturated rings. The van der Waals surface area contributed by atoms with E-state index in [4.69, 9.17) is 37.4 Å². The molecular weight excluding hydrogens is 604 g/mol. The summed E-state index contributed by atoms with van der Waals surface area (Å²) in [4.78, 5) is 25.4. The van der Waals surface area contributed by atoms with Crippen molar-refractivity contribution >= 4 is 35.1 Å². The van der Waals surface area contributed by atoms with Crippen molar-refractivity contribution < 1.29 is 55.6 Å². The topological polar surface area (TPSA) is 94.5 Å². The fourth-order valence-corrected chi connectivity index (χ4v) is 5.05. The van der Waals surface area contributed by atoms with E-state index in [-0.39, 0.29) is 17.9 Å². The van der Waals surface area contributed by atoms with Crippen LogP contribution in [0.1, 0.15) is 28.8 Å². The lowest BCUT2D eigenvalue weighted by Gasteiger charge is -2.39. The Bertz CT molecular complexity index is 1290. The van der Waals surface area contributed by atoms with E-state index in [0.29, 0.717) is 37.4 Å². The molecule has 1 spiro atoms. The lowest BCUT2D eigenvalue weighted by atomic mass is 9.87. The molecule has 2 aromatic rings. The molecule has 0 saturated carbocycles. The number of rotatable bonds is 9. The normalized spacial score (nSPS) is 17.2. The van der Waals surface area contributed by atoms with Gasteiger partial charge in [-0.05, 0) is 29.8 Å². The third kappa shape index (κ3) is 7.91. The Balaban J connectivity index is 1.37. The van der Waals surface area contributed by atoms with Gasteiger partial charge in [0, 0.05) is 50.0 Å². The van der Waals surface area contributed by atoms with Gasteiger partial charge in [-0.1, -0.05) is 23.2 Å². The molecular formula is C26H24Cl2F5NO7. The molecule has 0 radical (unpaired) electrons. The number of piperidine rings is 1. The van der Waals surface area contributed by atoms with Crippen LogP contribution in [0, 0.1) is 0 Å². The van der Waals surface area contributed by atoms with E-state index in [0.717, 1.165) is 23.4 Å². The van der Waals surface area contributed by atoms with Crippen LogP contribution >= 0.6 is 23.2 Å². The van der Waals surface area contributed by atoms with Gasteiger partial charge in [-0.25, -0.2) is 18.4 Å². The molecule has 2 heterocycles. The summed E-state index contributed by atoms with van der Waals surface area (Å²) in [5.74, 6) is -4.59. The minimum absolute atomic E-state index is 0.142. The number of hydrogen-bond donors (Lipinski definition) is 1. The number of alkyl halides is 5. The molecule has 15 heteroatoms. The molecule has 2 aromatic carbocycles. The average molecular weight is 628 g/mol. The summed E-state index contributed by atoms with van der Waals surface area (Å²) >= 11 is 12.0. The smallest absolute Gasteiger partial charge is 0.490 e. The molecule has 224 valence electrons. The Morgan fingerprint density at radius 2 is 1.73 bits per heavy atom. The van der Waals surface area contributed by atoms with E-state index in [9.17, 15) is 36.6 Å². The number of β-amino-alcohol motifs (C(OH)–C–C–N with tert-alkyl or cyclic N) is 1. The monoisotopic (exact) mass is 627 g/mol. The Morgan fingerprint density at radius 3 is 2.39 bits per heavy atom. The third-order valence-electron chi connectivity index (χ3n) is 6.56. The van der Waals surface area contributed by atoms with Crippen molar-refractivity contribution in [2.75, 3.05) is 32.8 Å². The van der Waals surface area contributed by atoms with Crippen LogP contribution < -0.4 is 14.2 Å². The zero-order valence-electron chi connectivity index (χ0n) is 21.2. The predicted molar refractivity (Wildman–Crippen MR) is 135 cm³/mol. The number of fused-ring (bicyclic) bond motifs is 1. The van der Waals surface area contributed by atoms with Crippen LogP contribution in [0.4, 0.5) is 22.0 Å². The van der Waals surface area contributed by atoms with E-state index in [1.54, 1.807) is 6.07 Å². The maximum absolute atomic E-state index is 12.6. The van der Waals surface area contributed by atoms with Crippen molar-refractivity contribution in [1.82, 2.24) is 4.90 Å². The van der Waals surface area contributed by atoms with Gasteiger partial charge >= 0.3 is 18.1 Å². The molecule has 0 unspecified atom stereocenters. The van der Waals surface area contributed by atoms with Gasteiger partial charge in [-0.15, -0.1) is 0 Å². The highest BCUT2D eigenvalue weighted by atomic mass is 35.5. The van der Waals surface area contributed by atoms with Gasteiger partial charge < -0.3 is 29.0 Å². The van der Waals surface area contributed by atoms with Gasteiger partial charge in [0.15, 0.2) is 0 Å². The van der Waals surface area contributed by atoms with Crippen molar-refractivity contribution in [2.45, 2.75) is 43.6 Å². The molecule has 1 saturated heterocycles. The maximum Gasteiger partial charge on any atom is 0.491 e. The second-order valence-electron chi connectivity index (χ2n) is 9.63. The lowest BCUT2D eigenvalue weighted by Crippen LogP contribution is -2.49. The van der Waals surface area contributed by atoms with Crippen molar-refractivity contribution in [3.8, 4) is 17.2 Å². The minimum atomic E-state index is -5.45. The van der Waals surface area contributed by atoms with E-state index in [1.807, 2.05) is 17.0 Å². The molecule has 0 aliphatic carbocycles. The number of hydrogen-bond acceptors (Lipinski definition) is 8. The highest BCUT2D eigenvalue weighted by molar-refractivity contribution is 6.32. The lowest BCUT2D eigenvalue weighted by molar-refractivity contribution is -0.193. The number of carbonyl (C=O) groups is 2. The molecule has 4 rings (SSSR count). The number of aliphatic hydroxyl groups excluding tert-OH is 1. The number of esters is 2. The van der Waals surface area contributed by atoms with Crippen LogP contribution in [-0.2, 0) is 16.0 Å². The molecule has 0 aromatic heterocycles. The second-order valence-corrected chi connectivity index (χ2v) is 10.5. The first-order chi connectivity index (χ1) is 19.2. The van der Waals surface area contributed by atoms with E-state index < -0.39 is 60.2 Å². The summed E-state index contributed by atoms with van der Waals surface area (Å²) in [5.41, 5.74) is -0.0425. The number of benzene rings is 2. The van der Waals surface area contributed by atoms with Crippen molar-refractivity contribution in [1.29, 1.82) is 0 Å². The molecule has 0 amide bonds. The zero-order valence-corrected chi connectivity index (χ0v) is 22.7. The molecule has 41 heavy (non-hydrogen) atoms. The molecule has 2 aliphatic rings. The van der Waals surface area contributed by atoms with Gasteiger partial charge in [-0.2, -0.15) is 13.2 Å². The SMILES string of the molecule is O=C(OC(=O)C(F)(F)F)c1cc(Cl)c(OCC(F)F)cc1OC[C@H](O)CN1CCC2(CC1)Cc1cc(Cl)ccc1O2. The fraction of sp³-hybridized carbons (Fsp3) is 0.462. The molecule has 1 atom stereocenters. The van der Waals surface area contributed by atoms with Gasteiger partial charge in [0.2, 0.25) is 0 Å². The molecule has 2 aliphatic heterocycles. The average Bonchev–Trinajstić information content (AvgIpc) is 3.24. The zero-order chi connectivity index (χ0) is 29.9. The van der Waals surface area contributed by atoms with E-state index >= 15 is 0 Å². The number of halogens is 7. The molecule has 8 nitrogen and oxygen atoms in total. The fourth-order valence-electron chi connectivity index (χ4n) is 4.63. The summed E-state index contributed by atoms with van der Waals surface area (Å²) < 4.78 is 83.3. The van der Waals surface area contributed by atoms with Crippen LogP contribution in [0.15, 0.2) is 30.3 Å². The summed E-state index contributed by atoms with van der Waals surface area (Å²) in [6, 6.07) is 7.12. The van der Waals surface area contributed by atoms with Crippen LogP contribution in [0.5, 0.6) is 17.2 Å². The van der Waals surface area contributed by atoms with Crippen LogP contribution in [-0.4, -0.2) is 79.1 Å². The van der Waals surface area contributed by atoms with E-state index in [2.05, 4.69) is 4.74 Å². The summed E-state index contributed by atoms with van der Waals surface area (Å²) in [5, 5.41) is 10.8.